The molecule has 1 heterocycles. The van der Waals surface area contributed by atoms with Crippen molar-refractivity contribution >= 4 is 32.1 Å². The maximum absolute atomic E-state index is 6.09. The molecule has 1 aromatic heterocycles. The van der Waals surface area contributed by atoms with Gasteiger partial charge in [0, 0.05) is 15.6 Å². The maximum atomic E-state index is 6.09. The Balaban J connectivity index is 2.33. The molecular formula is C16H12N2S. The number of nitrogen functional groups attached to an aromatic ring is 2. The number of thiophene rings is 1. The summed E-state index contributed by atoms with van der Waals surface area (Å²) in [7, 11) is 0. The molecule has 0 spiro atoms. The second-order valence-corrected chi connectivity index (χ2v) is 5.37. The molecule has 0 saturated carbocycles. The van der Waals surface area contributed by atoms with Crippen LogP contribution in [0.25, 0.3) is 21.2 Å². The topological polar surface area (TPSA) is 52.0 Å². The monoisotopic (exact) mass is 264 g/mol. The van der Waals surface area contributed by atoms with Gasteiger partial charge in [0.05, 0.1) is 5.69 Å². The van der Waals surface area contributed by atoms with E-state index >= 15 is 0 Å². The van der Waals surface area contributed by atoms with Crippen molar-refractivity contribution in [3.8, 4) is 23.5 Å². The summed E-state index contributed by atoms with van der Waals surface area (Å²) in [5.74, 6) is 2.65. The number of benzene rings is 2. The molecule has 92 valence electrons. The Bertz CT molecular complexity index is 809. The van der Waals surface area contributed by atoms with E-state index in [1.165, 1.54) is 11.3 Å². The second-order valence-electron chi connectivity index (χ2n) is 4.28. The van der Waals surface area contributed by atoms with Gasteiger partial charge in [-0.25, -0.2) is 0 Å². The Morgan fingerprint density at radius 3 is 2.63 bits per heavy atom. The summed E-state index contributed by atoms with van der Waals surface area (Å²) in [6.07, 6.45) is 5.45. The highest BCUT2D eigenvalue weighted by Crippen LogP contribution is 2.41. The molecule has 0 amide bonds. The van der Waals surface area contributed by atoms with Crippen molar-refractivity contribution in [2.45, 2.75) is 0 Å². The van der Waals surface area contributed by atoms with E-state index in [4.69, 9.17) is 17.9 Å². The van der Waals surface area contributed by atoms with E-state index < -0.39 is 0 Å². The van der Waals surface area contributed by atoms with Gasteiger partial charge in [-0.15, -0.1) is 17.8 Å². The van der Waals surface area contributed by atoms with E-state index in [2.05, 4.69) is 5.92 Å². The number of nitrogens with two attached hydrogens (primary N) is 2. The molecule has 0 bridgehead atoms. The third-order valence-electron chi connectivity index (χ3n) is 3.12. The molecule has 0 saturated heterocycles. The summed E-state index contributed by atoms with van der Waals surface area (Å²) in [5.41, 5.74) is 15.7. The number of fused-ring (bicyclic) bond motifs is 1. The lowest BCUT2D eigenvalue weighted by atomic mass is 9.99. The smallest absolute Gasteiger partial charge is 0.110 e. The van der Waals surface area contributed by atoms with Crippen LogP contribution in [0.1, 0.15) is 5.56 Å². The van der Waals surface area contributed by atoms with Gasteiger partial charge in [-0.2, -0.15) is 0 Å². The average Bonchev–Trinajstić information content (AvgIpc) is 2.74. The summed E-state index contributed by atoms with van der Waals surface area (Å²) in [6, 6.07) is 14.0. The minimum atomic E-state index is 0.654. The van der Waals surface area contributed by atoms with Crippen molar-refractivity contribution in [2.75, 3.05) is 11.5 Å². The van der Waals surface area contributed by atoms with Gasteiger partial charge in [0.15, 0.2) is 0 Å². The van der Waals surface area contributed by atoms with Crippen LogP contribution >= 0.6 is 11.3 Å². The molecule has 3 heteroatoms. The van der Waals surface area contributed by atoms with Gasteiger partial charge < -0.3 is 11.5 Å². The van der Waals surface area contributed by atoms with Crippen LogP contribution in [0.2, 0.25) is 0 Å². The predicted molar refractivity (Wildman–Crippen MR) is 84.0 cm³/mol. The highest BCUT2D eigenvalue weighted by molar-refractivity contribution is 7.23. The van der Waals surface area contributed by atoms with Gasteiger partial charge in [-0.05, 0) is 29.3 Å². The molecule has 0 fully saturated rings. The lowest BCUT2D eigenvalue weighted by molar-refractivity contribution is 1.62. The summed E-state index contributed by atoms with van der Waals surface area (Å²) >= 11 is 1.51. The Morgan fingerprint density at radius 2 is 1.84 bits per heavy atom. The van der Waals surface area contributed by atoms with E-state index in [1.54, 1.807) is 0 Å². The van der Waals surface area contributed by atoms with Crippen molar-refractivity contribution in [2.24, 2.45) is 0 Å². The van der Waals surface area contributed by atoms with Crippen molar-refractivity contribution in [1.82, 2.24) is 0 Å². The number of terminal acetylenes is 1. The highest BCUT2D eigenvalue weighted by Gasteiger charge is 2.12. The molecule has 0 aliphatic carbocycles. The summed E-state index contributed by atoms with van der Waals surface area (Å²) in [5, 5.41) is 1.68. The first-order valence-corrected chi connectivity index (χ1v) is 6.66. The third kappa shape index (κ3) is 1.83. The van der Waals surface area contributed by atoms with Gasteiger partial charge in [0.2, 0.25) is 0 Å². The molecule has 0 aliphatic heterocycles. The molecule has 3 rings (SSSR count). The lowest BCUT2D eigenvalue weighted by Crippen LogP contribution is -1.90. The van der Waals surface area contributed by atoms with Gasteiger partial charge in [0.25, 0.3) is 0 Å². The molecule has 19 heavy (non-hydrogen) atoms. The average molecular weight is 264 g/mol. The lowest BCUT2D eigenvalue weighted by Gasteiger charge is -2.05. The molecule has 4 N–H and O–H groups in total. The van der Waals surface area contributed by atoms with Crippen LogP contribution in [0.15, 0.2) is 42.5 Å². The van der Waals surface area contributed by atoms with Crippen LogP contribution in [-0.4, -0.2) is 0 Å². The van der Waals surface area contributed by atoms with Crippen LogP contribution in [0.3, 0.4) is 0 Å². The molecule has 2 nitrogen and oxygen atoms in total. The molecule has 0 unspecified atom stereocenters. The minimum Gasteiger partial charge on any atom is -0.396 e. The van der Waals surface area contributed by atoms with Crippen molar-refractivity contribution in [1.29, 1.82) is 0 Å². The zero-order valence-corrected chi connectivity index (χ0v) is 11.0. The first-order chi connectivity index (χ1) is 9.20. The van der Waals surface area contributed by atoms with Crippen molar-refractivity contribution in [3.63, 3.8) is 0 Å². The SMILES string of the molecule is C#Cc1cccc(-c2cccc3sc(N)c(N)c23)c1. The standard InChI is InChI=1S/C16H12N2S/c1-2-10-5-3-6-11(9-10)12-7-4-8-13-14(12)15(17)16(18)19-13/h1,3-9H,17-18H2. The first kappa shape index (κ1) is 11.6. The van der Waals surface area contributed by atoms with Gasteiger partial charge in [-0.3, -0.25) is 0 Å². The fourth-order valence-corrected chi connectivity index (χ4v) is 3.13. The molecule has 0 aliphatic rings. The molecule has 0 atom stereocenters. The quantitative estimate of drug-likeness (QED) is 0.658. The second kappa shape index (κ2) is 4.34. The van der Waals surface area contributed by atoms with E-state index in [0.29, 0.717) is 10.7 Å². The fourth-order valence-electron chi connectivity index (χ4n) is 2.21. The Hall–Kier alpha value is -2.44. The van der Waals surface area contributed by atoms with E-state index in [-0.39, 0.29) is 0 Å². The maximum Gasteiger partial charge on any atom is 0.110 e. The summed E-state index contributed by atoms with van der Waals surface area (Å²) in [6.45, 7) is 0. The molecule has 3 aromatic rings. The third-order valence-corrected chi connectivity index (χ3v) is 4.12. The van der Waals surface area contributed by atoms with Crippen molar-refractivity contribution < 1.29 is 0 Å². The summed E-state index contributed by atoms with van der Waals surface area (Å²) in [4.78, 5) is 0. The highest BCUT2D eigenvalue weighted by atomic mass is 32.1. The van der Waals surface area contributed by atoms with Gasteiger partial charge in [-0.1, -0.05) is 30.2 Å². The number of hydrogen-bond acceptors (Lipinski definition) is 3. The fraction of sp³-hybridized carbons (Fsp3) is 0. The molecular weight excluding hydrogens is 252 g/mol. The normalized spacial score (nSPS) is 10.5. The largest absolute Gasteiger partial charge is 0.396 e. The number of hydrogen-bond donors (Lipinski definition) is 2. The first-order valence-electron chi connectivity index (χ1n) is 5.84. The van der Waals surface area contributed by atoms with Crippen LogP contribution < -0.4 is 11.5 Å². The van der Waals surface area contributed by atoms with Gasteiger partial charge >= 0.3 is 0 Å². The molecule has 0 radical (unpaired) electrons. The Kier molecular flexibility index (Phi) is 2.66. The van der Waals surface area contributed by atoms with Gasteiger partial charge in [0.1, 0.15) is 5.00 Å². The number of anilines is 2. The van der Waals surface area contributed by atoms with E-state index in [9.17, 15) is 0 Å². The van der Waals surface area contributed by atoms with Crippen molar-refractivity contribution in [3.05, 3.63) is 48.0 Å². The summed E-state index contributed by atoms with van der Waals surface area (Å²) < 4.78 is 1.10. The van der Waals surface area contributed by atoms with E-state index in [0.717, 1.165) is 26.8 Å². The Morgan fingerprint density at radius 1 is 1.05 bits per heavy atom. The predicted octanol–water partition coefficient (Wildman–Crippen LogP) is 3.71. The Labute approximate surface area is 115 Å². The van der Waals surface area contributed by atoms with Crippen LogP contribution in [0, 0.1) is 12.3 Å². The number of rotatable bonds is 1. The minimum absolute atomic E-state index is 0.654. The molecule has 2 aromatic carbocycles. The zero-order chi connectivity index (χ0) is 13.4. The van der Waals surface area contributed by atoms with E-state index in [1.807, 2.05) is 42.5 Å². The van der Waals surface area contributed by atoms with Crippen LogP contribution in [0.5, 0.6) is 0 Å². The van der Waals surface area contributed by atoms with Crippen LogP contribution in [0.4, 0.5) is 10.7 Å². The van der Waals surface area contributed by atoms with Crippen LogP contribution in [-0.2, 0) is 0 Å². The zero-order valence-electron chi connectivity index (χ0n) is 10.2.